The first-order valence-corrected chi connectivity index (χ1v) is 8.04. The van der Waals surface area contributed by atoms with E-state index < -0.39 is 0 Å². The van der Waals surface area contributed by atoms with Gasteiger partial charge in [-0.05, 0) is 35.4 Å². The zero-order valence-electron chi connectivity index (χ0n) is 13.2. The third-order valence-electron chi connectivity index (χ3n) is 4.05. The molecule has 0 fully saturated rings. The number of anilines is 1. The molecule has 0 bridgehead atoms. The van der Waals surface area contributed by atoms with Crippen LogP contribution in [0.1, 0.15) is 6.42 Å². The number of hydrogen-bond acceptors (Lipinski definition) is 4. The van der Waals surface area contributed by atoms with E-state index in [4.69, 9.17) is 5.11 Å². The van der Waals surface area contributed by atoms with E-state index in [1.54, 1.807) is 0 Å². The van der Waals surface area contributed by atoms with Crippen molar-refractivity contribution in [2.75, 3.05) is 18.5 Å². The summed E-state index contributed by atoms with van der Waals surface area (Å²) < 4.78 is 1.85. The molecular formula is C19H18N4O. The van der Waals surface area contributed by atoms with E-state index in [2.05, 4.69) is 45.7 Å². The molecule has 0 saturated carbocycles. The Bertz CT molecular complexity index is 993. The van der Waals surface area contributed by atoms with Gasteiger partial charge in [0.05, 0.1) is 11.9 Å². The van der Waals surface area contributed by atoms with Gasteiger partial charge in [0, 0.05) is 18.7 Å². The second kappa shape index (κ2) is 6.29. The molecule has 0 saturated heterocycles. The number of aliphatic hydroxyl groups excluding tert-OH is 1. The van der Waals surface area contributed by atoms with E-state index >= 15 is 0 Å². The second-order valence-electron chi connectivity index (χ2n) is 5.70. The number of rotatable bonds is 5. The number of aromatic nitrogens is 3. The zero-order valence-corrected chi connectivity index (χ0v) is 13.2. The number of imidazole rings is 1. The molecule has 24 heavy (non-hydrogen) atoms. The van der Waals surface area contributed by atoms with Gasteiger partial charge in [-0.25, -0.2) is 9.50 Å². The predicted molar refractivity (Wildman–Crippen MR) is 96.1 cm³/mol. The van der Waals surface area contributed by atoms with Crippen LogP contribution in [0.15, 0.2) is 60.8 Å². The van der Waals surface area contributed by atoms with Gasteiger partial charge in [0.1, 0.15) is 5.82 Å². The Kier molecular flexibility index (Phi) is 3.84. The van der Waals surface area contributed by atoms with Gasteiger partial charge in [-0.1, -0.05) is 36.4 Å². The SMILES string of the molecule is OCCCNc1ccc2ncc(-c3ccc4ccccc4c3)n2n1. The minimum atomic E-state index is 0.169. The molecule has 0 amide bonds. The molecule has 5 nitrogen and oxygen atoms in total. The van der Waals surface area contributed by atoms with Gasteiger partial charge >= 0.3 is 0 Å². The molecule has 0 aliphatic rings. The lowest BCUT2D eigenvalue weighted by Crippen LogP contribution is -2.07. The van der Waals surface area contributed by atoms with Crippen molar-refractivity contribution in [3.05, 3.63) is 60.8 Å². The minimum absolute atomic E-state index is 0.169. The highest BCUT2D eigenvalue weighted by Crippen LogP contribution is 2.25. The fraction of sp³-hybridized carbons (Fsp3) is 0.158. The summed E-state index contributed by atoms with van der Waals surface area (Å²) in [6, 6.07) is 18.5. The predicted octanol–water partition coefficient (Wildman–Crippen LogP) is 3.34. The van der Waals surface area contributed by atoms with Crippen molar-refractivity contribution in [1.82, 2.24) is 14.6 Å². The summed E-state index contributed by atoms with van der Waals surface area (Å²) >= 11 is 0. The van der Waals surface area contributed by atoms with Crippen molar-refractivity contribution in [1.29, 1.82) is 0 Å². The Morgan fingerprint density at radius 3 is 2.75 bits per heavy atom. The van der Waals surface area contributed by atoms with Gasteiger partial charge in [0.2, 0.25) is 0 Å². The van der Waals surface area contributed by atoms with Crippen molar-refractivity contribution < 1.29 is 5.11 Å². The number of hydrogen-bond donors (Lipinski definition) is 2. The highest BCUT2D eigenvalue weighted by atomic mass is 16.3. The average molecular weight is 318 g/mol. The van der Waals surface area contributed by atoms with Crippen LogP contribution in [-0.4, -0.2) is 32.9 Å². The number of nitrogens with one attached hydrogen (secondary N) is 1. The maximum absolute atomic E-state index is 8.89. The number of fused-ring (bicyclic) bond motifs is 2. The van der Waals surface area contributed by atoms with E-state index in [0.717, 1.165) is 22.7 Å². The summed E-state index contributed by atoms with van der Waals surface area (Å²) in [7, 11) is 0. The van der Waals surface area contributed by atoms with Gasteiger partial charge in [-0.15, -0.1) is 5.10 Å². The molecule has 2 N–H and O–H groups in total. The highest BCUT2D eigenvalue weighted by molar-refractivity contribution is 5.87. The molecule has 5 heteroatoms. The van der Waals surface area contributed by atoms with Crippen LogP contribution in [0, 0.1) is 0 Å². The van der Waals surface area contributed by atoms with Gasteiger partial charge < -0.3 is 10.4 Å². The van der Waals surface area contributed by atoms with Crippen LogP contribution in [0.2, 0.25) is 0 Å². The van der Waals surface area contributed by atoms with Crippen molar-refractivity contribution in [2.24, 2.45) is 0 Å². The molecule has 4 aromatic rings. The summed E-state index contributed by atoms with van der Waals surface area (Å²) in [6.07, 6.45) is 2.55. The quantitative estimate of drug-likeness (QED) is 0.554. The van der Waals surface area contributed by atoms with Crippen LogP contribution >= 0.6 is 0 Å². The van der Waals surface area contributed by atoms with E-state index in [-0.39, 0.29) is 6.61 Å². The third-order valence-corrected chi connectivity index (χ3v) is 4.05. The molecular weight excluding hydrogens is 300 g/mol. The van der Waals surface area contributed by atoms with Crippen LogP contribution in [0.5, 0.6) is 0 Å². The first-order chi connectivity index (χ1) is 11.8. The van der Waals surface area contributed by atoms with Crippen molar-refractivity contribution in [3.8, 4) is 11.3 Å². The van der Waals surface area contributed by atoms with Crippen molar-refractivity contribution in [2.45, 2.75) is 6.42 Å². The minimum Gasteiger partial charge on any atom is -0.396 e. The second-order valence-corrected chi connectivity index (χ2v) is 5.70. The average Bonchev–Trinajstić information content (AvgIpc) is 3.05. The molecule has 0 atom stereocenters. The summed E-state index contributed by atoms with van der Waals surface area (Å²) in [5.74, 6) is 0.774. The van der Waals surface area contributed by atoms with E-state index in [1.165, 1.54) is 10.8 Å². The Morgan fingerprint density at radius 1 is 1.00 bits per heavy atom. The number of aliphatic hydroxyl groups is 1. The molecule has 0 spiro atoms. The summed E-state index contributed by atoms with van der Waals surface area (Å²) in [5.41, 5.74) is 2.86. The van der Waals surface area contributed by atoms with Crippen LogP contribution in [0.3, 0.4) is 0 Å². The lowest BCUT2D eigenvalue weighted by atomic mass is 10.1. The Labute approximate surface area is 139 Å². The Balaban J connectivity index is 1.75. The highest BCUT2D eigenvalue weighted by Gasteiger charge is 2.08. The lowest BCUT2D eigenvalue weighted by molar-refractivity contribution is 0.292. The Hall–Kier alpha value is -2.92. The maximum Gasteiger partial charge on any atom is 0.154 e. The van der Waals surface area contributed by atoms with Crippen molar-refractivity contribution in [3.63, 3.8) is 0 Å². The molecule has 4 rings (SSSR count). The standard InChI is InChI=1S/C19H18N4O/c24-11-3-10-20-18-8-9-19-21-13-17(23(19)22-18)16-7-6-14-4-1-2-5-15(14)12-16/h1-2,4-9,12-13,24H,3,10-11H2,(H,20,22). The molecule has 0 radical (unpaired) electrons. The van der Waals surface area contributed by atoms with Gasteiger partial charge in [-0.3, -0.25) is 0 Å². The van der Waals surface area contributed by atoms with E-state index in [1.807, 2.05) is 35.0 Å². The zero-order chi connectivity index (χ0) is 16.4. The topological polar surface area (TPSA) is 62.5 Å². The molecule has 2 aromatic carbocycles. The molecule has 120 valence electrons. The summed E-state index contributed by atoms with van der Waals surface area (Å²) in [6.45, 7) is 0.859. The smallest absolute Gasteiger partial charge is 0.154 e. The fourth-order valence-corrected chi connectivity index (χ4v) is 2.81. The largest absolute Gasteiger partial charge is 0.396 e. The van der Waals surface area contributed by atoms with Crippen LogP contribution < -0.4 is 5.32 Å². The van der Waals surface area contributed by atoms with Gasteiger partial charge in [-0.2, -0.15) is 0 Å². The monoisotopic (exact) mass is 318 g/mol. The van der Waals surface area contributed by atoms with E-state index in [0.29, 0.717) is 13.0 Å². The Morgan fingerprint density at radius 2 is 1.88 bits per heavy atom. The van der Waals surface area contributed by atoms with Gasteiger partial charge in [0.15, 0.2) is 5.65 Å². The normalized spacial score (nSPS) is 11.2. The molecule has 2 aromatic heterocycles. The summed E-state index contributed by atoms with van der Waals surface area (Å²) in [4.78, 5) is 4.45. The molecule has 0 aliphatic carbocycles. The number of nitrogens with zero attached hydrogens (tertiary/aromatic N) is 3. The number of benzene rings is 2. The van der Waals surface area contributed by atoms with Crippen LogP contribution in [0.25, 0.3) is 27.7 Å². The first-order valence-electron chi connectivity index (χ1n) is 8.04. The maximum atomic E-state index is 8.89. The first kappa shape index (κ1) is 14.7. The van der Waals surface area contributed by atoms with Gasteiger partial charge in [0.25, 0.3) is 0 Å². The van der Waals surface area contributed by atoms with E-state index in [9.17, 15) is 0 Å². The summed E-state index contributed by atoms with van der Waals surface area (Å²) in [5, 5.41) is 19.1. The fourth-order valence-electron chi connectivity index (χ4n) is 2.81. The van der Waals surface area contributed by atoms with Crippen molar-refractivity contribution >= 4 is 22.2 Å². The lowest BCUT2D eigenvalue weighted by Gasteiger charge is -2.07. The van der Waals surface area contributed by atoms with Crippen LogP contribution in [0.4, 0.5) is 5.82 Å². The molecule has 0 aliphatic heterocycles. The molecule has 0 unspecified atom stereocenters. The van der Waals surface area contributed by atoms with Crippen LogP contribution in [-0.2, 0) is 0 Å². The molecule has 2 heterocycles. The third kappa shape index (κ3) is 2.70.